The zero-order valence-electron chi connectivity index (χ0n) is 19.5. The summed E-state index contributed by atoms with van der Waals surface area (Å²) >= 11 is 0. The molecule has 0 aromatic heterocycles. The molecule has 6 heteroatoms. The molecule has 0 radical (unpaired) electrons. The predicted octanol–water partition coefficient (Wildman–Crippen LogP) is 5.26. The summed E-state index contributed by atoms with van der Waals surface area (Å²) in [6.07, 6.45) is 13.5. The van der Waals surface area contributed by atoms with Gasteiger partial charge in [-0.25, -0.2) is 9.59 Å². The van der Waals surface area contributed by atoms with Crippen LogP contribution in [0.25, 0.3) is 0 Å². The topological polar surface area (TPSA) is 77.3 Å². The van der Waals surface area contributed by atoms with Crippen LogP contribution in [0.15, 0.2) is 10.3 Å². The average Bonchev–Trinajstić information content (AvgIpc) is 2.73. The monoisotopic (exact) mass is 440 g/mol. The number of oxime groups is 2. The van der Waals surface area contributed by atoms with Gasteiger partial charge in [0.15, 0.2) is 0 Å². The second kappa shape index (κ2) is 7.39. The summed E-state index contributed by atoms with van der Waals surface area (Å²) in [6, 6.07) is 0. The smallest absolute Gasteiger partial charge is 0.317 e. The molecule has 0 saturated heterocycles. The van der Waals surface area contributed by atoms with Crippen LogP contribution < -0.4 is 0 Å². The maximum atomic E-state index is 13.0. The van der Waals surface area contributed by atoms with Crippen LogP contribution >= 0.6 is 0 Å². The molecule has 8 saturated carbocycles. The third kappa shape index (κ3) is 3.43. The van der Waals surface area contributed by atoms with Crippen molar-refractivity contribution in [2.75, 3.05) is 0 Å². The quantitative estimate of drug-likeness (QED) is 0.332. The standard InChI is InChI=1S/C26H36N2O4/c1-15(27-31-23(29)25-9-17-3-18(10-25)5-19(4-17)11-25)16(2)28-32-24(30)26-12-20-6-21(13-26)8-22(7-20)14-26/h17-22H,3-14H2,1-2H3. The van der Waals surface area contributed by atoms with Crippen LogP contribution in [-0.4, -0.2) is 23.4 Å². The highest BCUT2D eigenvalue weighted by Gasteiger charge is 2.57. The molecule has 8 fully saturated rings. The van der Waals surface area contributed by atoms with Crippen molar-refractivity contribution in [3.05, 3.63) is 0 Å². The first kappa shape index (κ1) is 20.9. The molecule has 0 N–H and O–H groups in total. The molecule has 0 atom stereocenters. The first-order valence-corrected chi connectivity index (χ1v) is 12.8. The molecular weight excluding hydrogens is 404 g/mol. The van der Waals surface area contributed by atoms with Crippen molar-refractivity contribution < 1.29 is 19.3 Å². The van der Waals surface area contributed by atoms with Crippen molar-refractivity contribution in [2.45, 2.75) is 90.9 Å². The van der Waals surface area contributed by atoms with Gasteiger partial charge in [0.2, 0.25) is 0 Å². The van der Waals surface area contributed by atoms with Crippen LogP contribution in [0.3, 0.4) is 0 Å². The van der Waals surface area contributed by atoms with Crippen LogP contribution in [0.1, 0.15) is 90.9 Å². The fraction of sp³-hybridized carbons (Fsp3) is 0.846. The number of nitrogens with zero attached hydrogens (tertiary/aromatic N) is 2. The maximum Gasteiger partial charge on any atom is 0.341 e. The van der Waals surface area contributed by atoms with Crippen LogP contribution in [0.4, 0.5) is 0 Å². The van der Waals surface area contributed by atoms with Crippen molar-refractivity contribution in [1.29, 1.82) is 0 Å². The van der Waals surface area contributed by atoms with Gasteiger partial charge >= 0.3 is 11.9 Å². The van der Waals surface area contributed by atoms with E-state index in [2.05, 4.69) is 10.3 Å². The largest absolute Gasteiger partial charge is 0.341 e. The minimum absolute atomic E-state index is 0.172. The van der Waals surface area contributed by atoms with E-state index < -0.39 is 0 Å². The lowest BCUT2D eigenvalue weighted by molar-refractivity contribution is -0.172. The van der Waals surface area contributed by atoms with Crippen LogP contribution in [-0.2, 0) is 19.3 Å². The molecule has 8 bridgehead atoms. The van der Waals surface area contributed by atoms with E-state index in [9.17, 15) is 9.59 Å². The predicted molar refractivity (Wildman–Crippen MR) is 120 cm³/mol. The highest BCUT2D eigenvalue weighted by molar-refractivity contribution is 6.40. The molecule has 0 spiro atoms. The van der Waals surface area contributed by atoms with E-state index in [4.69, 9.17) is 9.68 Å². The third-order valence-corrected chi connectivity index (χ3v) is 10.00. The lowest BCUT2D eigenvalue weighted by atomic mass is 9.49. The Morgan fingerprint density at radius 3 is 1.06 bits per heavy atom. The van der Waals surface area contributed by atoms with Gasteiger partial charge in [-0.1, -0.05) is 10.3 Å². The fourth-order valence-corrected chi connectivity index (χ4v) is 9.27. The molecule has 8 aliphatic carbocycles. The van der Waals surface area contributed by atoms with Crippen molar-refractivity contribution in [1.82, 2.24) is 0 Å². The molecule has 174 valence electrons. The molecular formula is C26H36N2O4. The molecule has 0 aliphatic heterocycles. The summed E-state index contributed by atoms with van der Waals surface area (Å²) < 4.78 is 0. The van der Waals surface area contributed by atoms with Gasteiger partial charge in [0.1, 0.15) is 11.4 Å². The number of hydrogen-bond acceptors (Lipinski definition) is 6. The highest BCUT2D eigenvalue weighted by atomic mass is 16.7. The van der Waals surface area contributed by atoms with Gasteiger partial charge in [-0.05, 0) is 126 Å². The second-order valence-corrected chi connectivity index (χ2v) is 12.5. The first-order valence-electron chi connectivity index (χ1n) is 12.8. The van der Waals surface area contributed by atoms with E-state index >= 15 is 0 Å². The van der Waals surface area contributed by atoms with Crippen molar-refractivity contribution in [3.63, 3.8) is 0 Å². The van der Waals surface area contributed by atoms with Crippen LogP contribution in [0.5, 0.6) is 0 Å². The van der Waals surface area contributed by atoms with E-state index in [1.165, 1.54) is 38.5 Å². The Morgan fingerprint density at radius 1 is 0.562 bits per heavy atom. The Labute approximate surface area is 190 Å². The molecule has 0 amide bonds. The molecule has 0 aromatic rings. The number of carbonyl (C=O) groups is 2. The Kier molecular flexibility index (Phi) is 4.82. The van der Waals surface area contributed by atoms with Gasteiger partial charge in [-0.2, -0.15) is 0 Å². The molecule has 32 heavy (non-hydrogen) atoms. The summed E-state index contributed by atoms with van der Waals surface area (Å²) in [6.45, 7) is 3.51. The third-order valence-electron chi connectivity index (χ3n) is 10.00. The average molecular weight is 441 g/mol. The minimum atomic E-state index is -0.325. The lowest BCUT2D eigenvalue weighted by Crippen LogP contribution is -2.50. The van der Waals surface area contributed by atoms with Crippen LogP contribution in [0, 0.1) is 46.3 Å². The lowest BCUT2D eigenvalue weighted by Gasteiger charge is -2.54. The normalized spacial score (nSPS) is 46.4. The Morgan fingerprint density at radius 2 is 0.812 bits per heavy atom. The van der Waals surface area contributed by atoms with E-state index in [1.807, 2.05) is 0 Å². The molecule has 0 heterocycles. The van der Waals surface area contributed by atoms with Crippen molar-refractivity contribution >= 4 is 23.4 Å². The van der Waals surface area contributed by atoms with E-state index in [0.29, 0.717) is 46.9 Å². The van der Waals surface area contributed by atoms with Gasteiger partial charge in [0, 0.05) is 0 Å². The van der Waals surface area contributed by atoms with Crippen molar-refractivity contribution in [2.24, 2.45) is 56.6 Å². The Balaban J connectivity index is 1.08. The summed E-state index contributed by atoms with van der Waals surface area (Å²) in [5.41, 5.74) is 0.325. The van der Waals surface area contributed by atoms with Crippen molar-refractivity contribution in [3.8, 4) is 0 Å². The number of hydrogen-bond donors (Lipinski definition) is 0. The highest BCUT2D eigenvalue weighted by Crippen LogP contribution is 2.61. The van der Waals surface area contributed by atoms with Gasteiger partial charge in [0.05, 0.1) is 10.8 Å². The van der Waals surface area contributed by atoms with Gasteiger partial charge in [-0.15, -0.1) is 0 Å². The SMILES string of the molecule is CC(=NOC(=O)C12CC3CC(CC(C3)C1)C2)C(C)=NOC(=O)C12CC3CC(CC(C3)C1)C2. The minimum Gasteiger partial charge on any atom is -0.317 e. The number of carbonyl (C=O) groups excluding carboxylic acids is 2. The maximum absolute atomic E-state index is 13.0. The zero-order valence-corrected chi connectivity index (χ0v) is 19.5. The summed E-state index contributed by atoms with van der Waals surface area (Å²) in [5, 5.41) is 8.19. The Bertz CT molecular complexity index is 746. The van der Waals surface area contributed by atoms with Gasteiger partial charge < -0.3 is 9.68 Å². The summed E-state index contributed by atoms with van der Waals surface area (Å²) in [7, 11) is 0. The van der Waals surface area contributed by atoms with Gasteiger partial charge in [0.25, 0.3) is 0 Å². The zero-order chi connectivity index (χ0) is 22.1. The summed E-state index contributed by atoms with van der Waals surface area (Å²) in [5.74, 6) is 3.77. The van der Waals surface area contributed by atoms with Gasteiger partial charge in [-0.3, -0.25) is 0 Å². The molecule has 6 nitrogen and oxygen atoms in total. The van der Waals surface area contributed by atoms with E-state index in [1.54, 1.807) is 13.8 Å². The first-order chi connectivity index (χ1) is 15.3. The Hall–Kier alpha value is -1.72. The fourth-order valence-electron chi connectivity index (χ4n) is 9.27. The van der Waals surface area contributed by atoms with Crippen LogP contribution in [0.2, 0.25) is 0 Å². The molecule has 0 unspecified atom stereocenters. The van der Waals surface area contributed by atoms with E-state index in [0.717, 1.165) is 38.5 Å². The molecule has 8 aliphatic rings. The molecule has 8 rings (SSSR count). The number of rotatable bonds is 5. The second-order valence-electron chi connectivity index (χ2n) is 12.5. The van der Waals surface area contributed by atoms with E-state index in [-0.39, 0.29) is 22.8 Å². The summed E-state index contributed by atoms with van der Waals surface area (Å²) in [4.78, 5) is 36.9. The molecule has 0 aromatic carbocycles.